The number of nitrogens with one attached hydrogen (secondary N) is 1. The maximum absolute atomic E-state index is 12.9. The van der Waals surface area contributed by atoms with Crippen LogP contribution < -0.4 is 10.2 Å². The van der Waals surface area contributed by atoms with Crippen molar-refractivity contribution in [3.05, 3.63) is 24.3 Å². The molecule has 7 nitrogen and oxygen atoms in total. The molecular weight excluding hydrogens is 356 g/mol. The van der Waals surface area contributed by atoms with Gasteiger partial charge >= 0.3 is 0 Å². The Hall–Kier alpha value is -2.57. The summed E-state index contributed by atoms with van der Waals surface area (Å²) >= 11 is 0. The Balaban J connectivity index is 1.36. The van der Waals surface area contributed by atoms with Crippen LogP contribution in [0, 0.1) is 5.41 Å². The van der Waals surface area contributed by atoms with Gasteiger partial charge in [0.2, 0.25) is 18.2 Å². The minimum atomic E-state index is -0.922. The number of hydrogen-bond acceptors (Lipinski definition) is 4. The molecule has 1 aliphatic carbocycles. The monoisotopic (exact) mass is 384 g/mol. The first-order valence-corrected chi connectivity index (χ1v) is 10.3. The first-order valence-electron chi connectivity index (χ1n) is 10.3. The number of anilines is 2. The lowest BCUT2D eigenvalue weighted by atomic mass is 10.0. The first-order chi connectivity index (χ1) is 13.6. The van der Waals surface area contributed by atoms with E-state index in [2.05, 4.69) is 10.2 Å². The van der Waals surface area contributed by atoms with E-state index in [1.807, 2.05) is 24.3 Å². The highest BCUT2D eigenvalue weighted by molar-refractivity contribution is 6.13. The van der Waals surface area contributed by atoms with Gasteiger partial charge in [-0.1, -0.05) is 0 Å². The molecule has 2 aliphatic heterocycles. The smallest absolute Gasteiger partial charge is 0.240 e. The van der Waals surface area contributed by atoms with Gasteiger partial charge in [-0.3, -0.25) is 14.4 Å². The molecule has 4 rings (SSSR count). The van der Waals surface area contributed by atoms with Crippen LogP contribution in [0.1, 0.15) is 32.1 Å². The molecule has 0 aromatic heterocycles. The summed E-state index contributed by atoms with van der Waals surface area (Å²) in [6, 6.07) is 7.93. The number of rotatable bonds is 5. The molecule has 0 radical (unpaired) electrons. The molecule has 2 saturated heterocycles. The van der Waals surface area contributed by atoms with Crippen molar-refractivity contribution >= 4 is 29.6 Å². The molecule has 2 heterocycles. The standard InChI is InChI=1S/C21H28N4O3/c26-16-23-12-14-25(15-13-23)20(28)21(8-9-21)19(27)22-17-4-6-18(7-5-17)24-10-2-1-3-11-24/h4-7,16H,1-3,8-15H2,(H,22,27). The van der Waals surface area contributed by atoms with Crippen LogP contribution in [0.2, 0.25) is 0 Å². The number of benzene rings is 1. The van der Waals surface area contributed by atoms with E-state index in [0.29, 0.717) is 39.0 Å². The van der Waals surface area contributed by atoms with Gasteiger partial charge in [0, 0.05) is 50.6 Å². The topological polar surface area (TPSA) is 73.0 Å². The van der Waals surface area contributed by atoms with Gasteiger partial charge in [0.05, 0.1) is 0 Å². The van der Waals surface area contributed by atoms with E-state index in [1.54, 1.807) is 9.80 Å². The normalized spacial score (nSPS) is 21.2. The molecule has 1 N–H and O–H groups in total. The second kappa shape index (κ2) is 7.81. The van der Waals surface area contributed by atoms with E-state index >= 15 is 0 Å². The van der Waals surface area contributed by atoms with Crippen molar-refractivity contribution in [1.29, 1.82) is 0 Å². The Morgan fingerprint density at radius 1 is 0.893 bits per heavy atom. The lowest BCUT2D eigenvalue weighted by Crippen LogP contribution is -2.52. The van der Waals surface area contributed by atoms with Crippen molar-refractivity contribution < 1.29 is 14.4 Å². The molecule has 1 aromatic carbocycles. The van der Waals surface area contributed by atoms with Crippen LogP contribution in [0.25, 0.3) is 0 Å². The third kappa shape index (κ3) is 3.70. The van der Waals surface area contributed by atoms with Crippen LogP contribution in [0.4, 0.5) is 11.4 Å². The number of carbonyl (C=O) groups is 3. The molecule has 3 aliphatic rings. The summed E-state index contributed by atoms with van der Waals surface area (Å²) in [4.78, 5) is 42.4. The number of piperazine rings is 1. The first kappa shape index (κ1) is 18.8. The fraction of sp³-hybridized carbons (Fsp3) is 0.571. The average molecular weight is 384 g/mol. The number of piperidine rings is 1. The van der Waals surface area contributed by atoms with Gasteiger partial charge < -0.3 is 20.0 Å². The van der Waals surface area contributed by atoms with Gasteiger partial charge in [-0.25, -0.2) is 0 Å². The highest BCUT2D eigenvalue weighted by atomic mass is 16.2. The average Bonchev–Trinajstić information content (AvgIpc) is 3.57. The van der Waals surface area contributed by atoms with Gasteiger partial charge in [-0.05, 0) is 56.4 Å². The summed E-state index contributed by atoms with van der Waals surface area (Å²) in [5.74, 6) is -0.304. The van der Waals surface area contributed by atoms with Crippen LogP contribution in [0.5, 0.6) is 0 Å². The van der Waals surface area contributed by atoms with E-state index in [9.17, 15) is 14.4 Å². The van der Waals surface area contributed by atoms with Gasteiger partial charge in [-0.15, -0.1) is 0 Å². The van der Waals surface area contributed by atoms with Crippen molar-refractivity contribution in [2.24, 2.45) is 5.41 Å². The van der Waals surface area contributed by atoms with Gasteiger partial charge in [0.1, 0.15) is 5.41 Å². The lowest BCUT2D eigenvalue weighted by Gasteiger charge is -2.34. The lowest BCUT2D eigenvalue weighted by molar-refractivity contribution is -0.144. The van der Waals surface area contributed by atoms with E-state index in [1.165, 1.54) is 24.9 Å². The quantitative estimate of drug-likeness (QED) is 0.619. The largest absolute Gasteiger partial charge is 0.372 e. The van der Waals surface area contributed by atoms with Gasteiger partial charge in [0.15, 0.2) is 0 Å². The molecular formula is C21H28N4O3. The van der Waals surface area contributed by atoms with Crippen LogP contribution in [-0.2, 0) is 14.4 Å². The molecule has 0 bridgehead atoms. The Morgan fingerprint density at radius 2 is 1.54 bits per heavy atom. The Labute approximate surface area is 165 Å². The minimum Gasteiger partial charge on any atom is -0.372 e. The highest BCUT2D eigenvalue weighted by Crippen LogP contribution is 2.48. The number of hydrogen-bond donors (Lipinski definition) is 1. The van der Waals surface area contributed by atoms with Crippen molar-refractivity contribution in [2.45, 2.75) is 32.1 Å². The Bertz CT molecular complexity index is 731. The summed E-state index contributed by atoms with van der Waals surface area (Å²) in [7, 11) is 0. The molecule has 1 aromatic rings. The second-order valence-corrected chi connectivity index (χ2v) is 8.06. The van der Waals surface area contributed by atoms with Crippen molar-refractivity contribution in [1.82, 2.24) is 9.80 Å². The molecule has 0 atom stereocenters. The second-order valence-electron chi connectivity index (χ2n) is 8.06. The molecule has 3 fully saturated rings. The van der Waals surface area contributed by atoms with Gasteiger partial charge in [-0.2, -0.15) is 0 Å². The molecule has 0 spiro atoms. The zero-order valence-corrected chi connectivity index (χ0v) is 16.2. The molecule has 1 saturated carbocycles. The number of carbonyl (C=O) groups excluding carboxylic acids is 3. The summed E-state index contributed by atoms with van der Waals surface area (Å²) in [5.41, 5.74) is 0.994. The molecule has 150 valence electrons. The van der Waals surface area contributed by atoms with E-state index in [-0.39, 0.29) is 11.8 Å². The van der Waals surface area contributed by atoms with Crippen molar-refractivity contribution in [2.75, 3.05) is 49.5 Å². The molecule has 0 unspecified atom stereocenters. The van der Waals surface area contributed by atoms with Crippen molar-refractivity contribution in [3.8, 4) is 0 Å². The number of nitrogens with zero attached hydrogens (tertiary/aromatic N) is 3. The summed E-state index contributed by atoms with van der Waals surface area (Å²) in [6.07, 6.45) is 5.75. The summed E-state index contributed by atoms with van der Waals surface area (Å²) in [6.45, 7) is 4.23. The Morgan fingerprint density at radius 3 is 2.11 bits per heavy atom. The van der Waals surface area contributed by atoms with Crippen LogP contribution in [0.15, 0.2) is 24.3 Å². The zero-order valence-electron chi connectivity index (χ0n) is 16.2. The van der Waals surface area contributed by atoms with E-state index in [4.69, 9.17) is 0 Å². The summed E-state index contributed by atoms with van der Waals surface area (Å²) in [5, 5.41) is 2.94. The highest BCUT2D eigenvalue weighted by Gasteiger charge is 2.58. The predicted molar refractivity (Wildman–Crippen MR) is 107 cm³/mol. The van der Waals surface area contributed by atoms with Crippen molar-refractivity contribution in [3.63, 3.8) is 0 Å². The molecule has 3 amide bonds. The maximum atomic E-state index is 12.9. The fourth-order valence-electron chi connectivity index (χ4n) is 4.15. The zero-order chi connectivity index (χ0) is 19.6. The third-order valence-corrected chi connectivity index (χ3v) is 6.19. The predicted octanol–water partition coefficient (Wildman–Crippen LogP) is 1.70. The van der Waals surface area contributed by atoms with Crippen LogP contribution >= 0.6 is 0 Å². The SMILES string of the molecule is O=CN1CCN(C(=O)C2(C(=O)Nc3ccc(N4CCCCC4)cc3)CC2)CC1. The summed E-state index contributed by atoms with van der Waals surface area (Å²) < 4.78 is 0. The molecule has 7 heteroatoms. The maximum Gasteiger partial charge on any atom is 0.240 e. The third-order valence-electron chi connectivity index (χ3n) is 6.19. The number of amides is 3. The van der Waals surface area contributed by atoms with E-state index < -0.39 is 5.41 Å². The minimum absolute atomic E-state index is 0.0968. The van der Waals surface area contributed by atoms with Gasteiger partial charge in [0.25, 0.3) is 0 Å². The van der Waals surface area contributed by atoms with Crippen LogP contribution in [-0.4, -0.2) is 67.3 Å². The van der Waals surface area contributed by atoms with Crippen LogP contribution in [0.3, 0.4) is 0 Å². The Kier molecular flexibility index (Phi) is 5.24. The fourth-order valence-corrected chi connectivity index (χ4v) is 4.15. The molecule has 28 heavy (non-hydrogen) atoms. The van der Waals surface area contributed by atoms with E-state index in [0.717, 1.165) is 25.2 Å².